The van der Waals surface area contributed by atoms with Crippen molar-refractivity contribution in [3.63, 3.8) is 0 Å². The summed E-state index contributed by atoms with van der Waals surface area (Å²) in [6.07, 6.45) is 1.76. The molecule has 1 rings (SSSR count). The number of hydrogen-bond donors (Lipinski definition) is 0. The van der Waals surface area contributed by atoms with Gasteiger partial charge in [0.05, 0.1) is 5.69 Å². The molecule has 1 aromatic rings. The second-order valence-electron chi connectivity index (χ2n) is 2.37. The molecule has 0 saturated carbocycles. The maximum atomic E-state index is 5.80. The molecule has 1 aromatic heterocycles. The minimum absolute atomic E-state index is 0.795. The Morgan fingerprint density at radius 2 is 2.09 bits per heavy atom. The Labute approximate surface area is 71.7 Å². The van der Waals surface area contributed by atoms with Gasteiger partial charge in [0.25, 0.3) is 0 Å². The standard InChI is InChI=1S/C9H10ClN/c1-7(8(2)10)9-5-3-4-6-11-9/h3-6H,1-2H3. The van der Waals surface area contributed by atoms with E-state index in [0.29, 0.717) is 0 Å². The first-order chi connectivity index (χ1) is 5.22. The number of nitrogens with zero attached hydrogens (tertiary/aromatic N) is 1. The number of pyridine rings is 1. The van der Waals surface area contributed by atoms with Gasteiger partial charge in [-0.2, -0.15) is 0 Å². The van der Waals surface area contributed by atoms with Crippen molar-refractivity contribution in [3.05, 3.63) is 35.1 Å². The van der Waals surface area contributed by atoms with Crippen LogP contribution in [0.4, 0.5) is 0 Å². The van der Waals surface area contributed by atoms with E-state index in [1.165, 1.54) is 0 Å². The molecule has 0 aliphatic heterocycles. The molecule has 0 amide bonds. The molecule has 1 heterocycles. The van der Waals surface area contributed by atoms with Crippen LogP contribution >= 0.6 is 11.6 Å². The average Bonchev–Trinajstić information content (AvgIpc) is 2.05. The third-order valence-corrected chi connectivity index (χ3v) is 1.85. The molecule has 58 valence electrons. The van der Waals surface area contributed by atoms with Crippen LogP contribution in [0.15, 0.2) is 29.4 Å². The first kappa shape index (κ1) is 8.28. The van der Waals surface area contributed by atoms with Crippen LogP contribution in [-0.4, -0.2) is 4.98 Å². The highest BCUT2D eigenvalue weighted by Crippen LogP contribution is 2.17. The van der Waals surface area contributed by atoms with Crippen LogP contribution in [0.25, 0.3) is 5.57 Å². The van der Waals surface area contributed by atoms with Gasteiger partial charge in [-0.3, -0.25) is 4.98 Å². The summed E-state index contributed by atoms with van der Waals surface area (Å²) in [5, 5.41) is 0.795. The van der Waals surface area contributed by atoms with Gasteiger partial charge in [0.2, 0.25) is 0 Å². The van der Waals surface area contributed by atoms with E-state index >= 15 is 0 Å². The molecule has 0 unspecified atom stereocenters. The SMILES string of the molecule is CC(Cl)=C(C)c1ccccn1. The lowest BCUT2D eigenvalue weighted by Crippen LogP contribution is -1.84. The van der Waals surface area contributed by atoms with E-state index < -0.39 is 0 Å². The lowest BCUT2D eigenvalue weighted by Gasteiger charge is -1.99. The van der Waals surface area contributed by atoms with Gasteiger partial charge >= 0.3 is 0 Å². The van der Waals surface area contributed by atoms with Crippen LogP contribution in [0.5, 0.6) is 0 Å². The second-order valence-corrected chi connectivity index (χ2v) is 2.94. The Morgan fingerprint density at radius 1 is 1.36 bits per heavy atom. The van der Waals surface area contributed by atoms with Gasteiger partial charge in [0, 0.05) is 11.2 Å². The molecule has 0 aromatic carbocycles. The highest BCUT2D eigenvalue weighted by molar-refractivity contribution is 6.32. The summed E-state index contributed by atoms with van der Waals surface area (Å²) in [4.78, 5) is 4.16. The number of hydrogen-bond acceptors (Lipinski definition) is 1. The monoisotopic (exact) mass is 167 g/mol. The van der Waals surface area contributed by atoms with Gasteiger partial charge in [0.1, 0.15) is 0 Å². The summed E-state index contributed by atoms with van der Waals surface area (Å²) in [6.45, 7) is 3.83. The van der Waals surface area contributed by atoms with Crippen molar-refractivity contribution in [2.45, 2.75) is 13.8 Å². The van der Waals surface area contributed by atoms with E-state index in [4.69, 9.17) is 11.6 Å². The summed E-state index contributed by atoms with van der Waals surface area (Å²) in [6, 6.07) is 5.78. The van der Waals surface area contributed by atoms with Gasteiger partial charge in [-0.05, 0) is 31.6 Å². The van der Waals surface area contributed by atoms with Crippen LogP contribution in [0.3, 0.4) is 0 Å². The Morgan fingerprint density at radius 3 is 2.55 bits per heavy atom. The third kappa shape index (κ3) is 2.05. The summed E-state index contributed by atoms with van der Waals surface area (Å²) >= 11 is 5.80. The molecule has 0 radical (unpaired) electrons. The maximum absolute atomic E-state index is 5.80. The molecule has 0 atom stereocenters. The quantitative estimate of drug-likeness (QED) is 0.627. The van der Waals surface area contributed by atoms with Crippen LogP contribution in [0.1, 0.15) is 19.5 Å². The van der Waals surface area contributed by atoms with Crippen LogP contribution in [0, 0.1) is 0 Å². The summed E-state index contributed by atoms with van der Waals surface area (Å²) < 4.78 is 0. The Kier molecular flexibility index (Phi) is 2.66. The lowest BCUT2D eigenvalue weighted by atomic mass is 10.2. The predicted molar refractivity (Wildman–Crippen MR) is 48.4 cm³/mol. The number of halogens is 1. The van der Waals surface area contributed by atoms with Crippen LogP contribution < -0.4 is 0 Å². The fourth-order valence-electron chi connectivity index (χ4n) is 0.761. The zero-order valence-electron chi connectivity index (χ0n) is 6.63. The van der Waals surface area contributed by atoms with E-state index in [2.05, 4.69) is 4.98 Å². The molecule has 0 aliphatic carbocycles. The van der Waals surface area contributed by atoms with E-state index in [0.717, 1.165) is 16.3 Å². The van der Waals surface area contributed by atoms with E-state index in [-0.39, 0.29) is 0 Å². The van der Waals surface area contributed by atoms with E-state index in [1.807, 2.05) is 32.0 Å². The topological polar surface area (TPSA) is 12.9 Å². The fourth-order valence-corrected chi connectivity index (χ4v) is 0.858. The number of allylic oxidation sites excluding steroid dienone is 2. The molecular formula is C9H10ClN. The molecule has 1 nitrogen and oxygen atoms in total. The molecule has 2 heteroatoms. The normalized spacial score (nSPS) is 12.6. The van der Waals surface area contributed by atoms with Crippen molar-refractivity contribution < 1.29 is 0 Å². The molecule has 0 saturated heterocycles. The summed E-state index contributed by atoms with van der Waals surface area (Å²) in [7, 11) is 0. The molecule has 0 bridgehead atoms. The smallest absolute Gasteiger partial charge is 0.0670 e. The van der Waals surface area contributed by atoms with Crippen molar-refractivity contribution in [1.82, 2.24) is 4.98 Å². The highest BCUT2D eigenvalue weighted by Gasteiger charge is 1.97. The zero-order valence-corrected chi connectivity index (χ0v) is 7.39. The van der Waals surface area contributed by atoms with Gasteiger partial charge < -0.3 is 0 Å². The largest absolute Gasteiger partial charge is 0.257 e. The number of rotatable bonds is 1. The van der Waals surface area contributed by atoms with E-state index in [9.17, 15) is 0 Å². The average molecular weight is 168 g/mol. The van der Waals surface area contributed by atoms with Crippen molar-refractivity contribution >= 4 is 17.2 Å². The summed E-state index contributed by atoms with van der Waals surface area (Å²) in [5.74, 6) is 0. The number of aromatic nitrogens is 1. The predicted octanol–water partition coefficient (Wildman–Crippen LogP) is 3.07. The zero-order chi connectivity index (χ0) is 8.27. The Balaban J connectivity index is 3.04. The molecule has 0 spiro atoms. The molecular weight excluding hydrogens is 158 g/mol. The first-order valence-electron chi connectivity index (χ1n) is 3.46. The third-order valence-electron chi connectivity index (χ3n) is 1.57. The first-order valence-corrected chi connectivity index (χ1v) is 3.84. The summed E-state index contributed by atoms with van der Waals surface area (Å²) in [5.41, 5.74) is 1.98. The molecule has 11 heavy (non-hydrogen) atoms. The van der Waals surface area contributed by atoms with Gasteiger partial charge in [-0.15, -0.1) is 0 Å². The minimum Gasteiger partial charge on any atom is -0.257 e. The molecule has 0 aliphatic rings. The molecule has 0 fully saturated rings. The highest BCUT2D eigenvalue weighted by atomic mass is 35.5. The van der Waals surface area contributed by atoms with Crippen molar-refractivity contribution in [2.75, 3.05) is 0 Å². The van der Waals surface area contributed by atoms with Crippen molar-refractivity contribution in [3.8, 4) is 0 Å². The van der Waals surface area contributed by atoms with Crippen molar-refractivity contribution in [2.24, 2.45) is 0 Å². The van der Waals surface area contributed by atoms with E-state index in [1.54, 1.807) is 6.20 Å². The van der Waals surface area contributed by atoms with Crippen LogP contribution in [0.2, 0.25) is 0 Å². The maximum Gasteiger partial charge on any atom is 0.0670 e. The second kappa shape index (κ2) is 3.54. The molecule has 0 N–H and O–H groups in total. The van der Waals surface area contributed by atoms with Gasteiger partial charge in [-0.1, -0.05) is 17.7 Å². The fraction of sp³-hybridized carbons (Fsp3) is 0.222. The Bertz CT molecular complexity index is 260. The van der Waals surface area contributed by atoms with Crippen molar-refractivity contribution in [1.29, 1.82) is 0 Å². The van der Waals surface area contributed by atoms with Gasteiger partial charge in [0.15, 0.2) is 0 Å². The van der Waals surface area contributed by atoms with Gasteiger partial charge in [-0.25, -0.2) is 0 Å². The van der Waals surface area contributed by atoms with Crippen LogP contribution in [-0.2, 0) is 0 Å². The lowest BCUT2D eigenvalue weighted by molar-refractivity contribution is 1.26. The Hall–Kier alpha value is -0.820. The minimum atomic E-state index is 0.795.